The molecule has 0 unspecified atom stereocenters. The molecular formula is C9H7BrN2O. The molecule has 0 radical (unpaired) electrons. The average Bonchev–Trinajstić information content (AvgIpc) is 2.06. The van der Waals surface area contributed by atoms with Crippen molar-refractivity contribution in [1.82, 2.24) is 5.32 Å². The zero-order chi connectivity index (χ0) is 9.42. The number of carbonyl (C=O) groups excluding carboxylic acids is 1. The van der Waals surface area contributed by atoms with Crippen LogP contribution < -0.4 is 10.6 Å². The second-order valence-electron chi connectivity index (χ2n) is 2.75. The largest absolute Gasteiger partial charge is 0.342 e. The molecule has 66 valence electrons. The Bertz CT molecular complexity index is 401. The van der Waals surface area contributed by atoms with Gasteiger partial charge in [-0.1, -0.05) is 22.5 Å². The summed E-state index contributed by atoms with van der Waals surface area (Å²) in [5.74, 6) is 0.389. The van der Waals surface area contributed by atoms with Crippen LogP contribution in [0, 0.1) is 0 Å². The van der Waals surface area contributed by atoms with Gasteiger partial charge >= 0.3 is 0 Å². The van der Waals surface area contributed by atoms with Gasteiger partial charge in [0.15, 0.2) is 0 Å². The molecule has 1 aromatic carbocycles. The van der Waals surface area contributed by atoms with Crippen LogP contribution >= 0.6 is 15.9 Å². The van der Waals surface area contributed by atoms with Crippen molar-refractivity contribution in [3.63, 3.8) is 0 Å². The number of halogens is 1. The maximum Gasteiger partial charge on any atom is 0.258 e. The number of hydrogen-bond donors (Lipinski definition) is 2. The Kier molecular flexibility index (Phi) is 1.84. The van der Waals surface area contributed by atoms with Gasteiger partial charge in [-0.2, -0.15) is 0 Å². The molecule has 1 aromatic rings. The van der Waals surface area contributed by atoms with Crippen molar-refractivity contribution < 1.29 is 4.79 Å². The fourth-order valence-electron chi connectivity index (χ4n) is 1.21. The summed E-state index contributed by atoms with van der Waals surface area (Å²) in [4.78, 5) is 11.4. The Morgan fingerprint density at radius 3 is 2.85 bits per heavy atom. The van der Waals surface area contributed by atoms with E-state index in [0.29, 0.717) is 11.4 Å². The molecular weight excluding hydrogens is 232 g/mol. The monoisotopic (exact) mass is 238 g/mol. The van der Waals surface area contributed by atoms with Crippen molar-refractivity contribution in [2.75, 3.05) is 5.32 Å². The molecule has 2 rings (SSSR count). The summed E-state index contributed by atoms with van der Waals surface area (Å²) in [6.07, 6.45) is 0. The van der Waals surface area contributed by atoms with E-state index < -0.39 is 0 Å². The van der Waals surface area contributed by atoms with Crippen LogP contribution in [0.5, 0.6) is 0 Å². The number of amides is 1. The minimum Gasteiger partial charge on any atom is -0.342 e. The fraction of sp³-hybridized carbons (Fsp3) is 0. The second kappa shape index (κ2) is 2.88. The van der Waals surface area contributed by atoms with E-state index in [0.717, 1.165) is 10.2 Å². The van der Waals surface area contributed by atoms with E-state index in [-0.39, 0.29) is 5.91 Å². The first-order chi connectivity index (χ1) is 6.16. The van der Waals surface area contributed by atoms with Crippen molar-refractivity contribution in [2.45, 2.75) is 0 Å². The van der Waals surface area contributed by atoms with Crippen LogP contribution in [0.25, 0.3) is 0 Å². The molecule has 0 bridgehead atoms. The average molecular weight is 239 g/mol. The number of rotatable bonds is 0. The molecule has 1 heterocycles. The molecule has 2 N–H and O–H groups in total. The number of hydrogen-bond acceptors (Lipinski definition) is 2. The summed E-state index contributed by atoms with van der Waals surface area (Å²) in [7, 11) is 0. The zero-order valence-corrected chi connectivity index (χ0v) is 8.31. The second-order valence-corrected chi connectivity index (χ2v) is 3.66. The minimum atomic E-state index is -0.125. The predicted molar refractivity (Wildman–Crippen MR) is 54.4 cm³/mol. The van der Waals surface area contributed by atoms with Gasteiger partial charge in [-0.05, 0) is 18.2 Å². The molecule has 0 aliphatic carbocycles. The number of anilines is 1. The Balaban J connectivity index is 2.55. The molecule has 1 amide bonds. The van der Waals surface area contributed by atoms with Crippen LogP contribution in [0.2, 0.25) is 0 Å². The molecule has 0 saturated carbocycles. The van der Waals surface area contributed by atoms with Gasteiger partial charge < -0.3 is 10.6 Å². The standard InChI is InChI=1S/C9H7BrN2O/c1-5-11-8-3-2-6(10)4-7(8)9(13)12-5/h2-4,11H,1H2,(H,12,13). The van der Waals surface area contributed by atoms with E-state index in [1.807, 2.05) is 12.1 Å². The summed E-state index contributed by atoms with van der Waals surface area (Å²) in [5.41, 5.74) is 1.42. The lowest BCUT2D eigenvalue weighted by molar-refractivity contribution is 0.0964. The number of benzene rings is 1. The Labute approximate surface area is 84.0 Å². The van der Waals surface area contributed by atoms with Crippen LogP contribution in [0.15, 0.2) is 35.1 Å². The number of nitrogens with one attached hydrogen (secondary N) is 2. The highest BCUT2D eigenvalue weighted by atomic mass is 79.9. The van der Waals surface area contributed by atoms with E-state index in [1.54, 1.807) is 6.07 Å². The maximum atomic E-state index is 11.4. The van der Waals surface area contributed by atoms with Crippen molar-refractivity contribution in [2.24, 2.45) is 0 Å². The molecule has 0 atom stereocenters. The Morgan fingerprint density at radius 1 is 1.31 bits per heavy atom. The minimum absolute atomic E-state index is 0.125. The zero-order valence-electron chi connectivity index (χ0n) is 6.73. The van der Waals surface area contributed by atoms with Gasteiger partial charge in [-0.25, -0.2) is 0 Å². The van der Waals surface area contributed by atoms with E-state index in [4.69, 9.17) is 0 Å². The van der Waals surface area contributed by atoms with Crippen molar-refractivity contribution in [3.8, 4) is 0 Å². The first-order valence-corrected chi connectivity index (χ1v) is 4.53. The van der Waals surface area contributed by atoms with Gasteiger partial charge in [-0.15, -0.1) is 0 Å². The molecule has 0 aromatic heterocycles. The highest BCUT2D eigenvalue weighted by Crippen LogP contribution is 2.24. The first kappa shape index (κ1) is 8.31. The highest BCUT2D eigenvalue weighted by molar-refractivity contribution is 9.10. The summed E-state index contributed by atoms with van der Waals surface area (Å²) >= 11 is 3.30. The SMILES string of the molecule is C=C1NC(=O)c2cc(Br)ccc2N1. The molecule has 1 aliphatic rings. The molecule has 0 fully saturated rings. The van der Waals surface area contributed by atoms with Gasteiger partial charge in [0.2, 0.25) is 0 Å². The summed E-state index contributed by atoms with van der Waals surface area (Å²) in [6.45, 7) is 3.63. The van der Waals surface area contributed by atoms with Gasteiger partial charge in [0.25, 0.3) is 5.91 Å². The Morgan fingerprint density at radius 2 is 2.08 bits per heavy atom. The van der Waals surface area contributed by atoms with Crippen molar-refractivity contribution in [3.05, 3.63) is 40.6 Å². The van der Waals surface area contributed by atoms with Crippen molar-refractivity contribution in [1.29, 1.82) is 0 Å². The van der Waals surface area contributed by atoms with Gasteiger partial charge in [0.1, 0.15) is 5.82 Å². The molecule has 1 aliphatic heterocycles. The summed E-state index contributed by atoms with van der Waals surface area (Å²) in [6, 6.07) is 5.48. The lowest BCUT2D eigenvalue weighted by Crippen LogP contribution is -2.31. The van der Waals surface area contributed by atoms with Crippen LogP contribution in [-0.2, 0) is 0 Å². The van der Waals surface area contributed by atoms with Gasteiger partial charge in [0.05, 0.1) is 11.3 Å². The lowest BCUT2D eigenvalue weighted by atomic mass is 10.1. The number of carbonyl (C=O) groups is 1. The Hall–Kier alpha value is -1.29. The summed E-state index contributed by atoms with van der Waals surface area (Å²) < 4.78 is 0.885. The molecule has 3 nitrogen and oxygen atoms in total. The van der Waals surface area contributed by atoms with Gasteiger partial charge in [-0.3, -0.25) is 4.79 Å². The number of fused-ring (bicyclic) bond motifs is 1. The normalized spacial score (nSPS) is 14.5. The van der Waals surface area contributed by atoms with Crippen LogP contribution in [-0.4, -0.2) is 5.91 Å². The third-order valence-corrected chi connectivity index (χ3v) is 2.27. The molecule has 13 heavy (non-hydrogen) atoms. The van der Waals surface area contributed by atoms with Gasteiger partial charge in [0, 0.05) is 4.47 Å². The molecule has 4 heteroatoms. The topological polar surface area (TPSA) is 41.1 Å². The van der Waals surface area contributed by atoms with E-state index in [1.165, 1.54) is 0 Å². The smallest absolute Gasteiger partial charge is 0.258 e. The third-order valence-electron chi connectivity index (χ3n) is 1.78. The van der Waals surface area contributed by atoms with Crippen LogP contribution in [0.4, 0.5) is 5.69 Å². The van der Waals surface area contributed by atoms with Crippen LogP contribution in [0.3, 0.4) is 0 Å². The van der Waals surface area contributed by atoms with Crippen molar-refractivity contribution >= 4 is 27.5 Å². The highest BCUT2D eigenvalue weighted by Gasteiger charge is 2.17. The fourth-order valence-corrected chi connectivity index (χ4v) is 1.57. The lowest BCUT2D eigenvalue weighted by Gasteiger charge is -2.20. The predicted octanol–water partition coefficient (Wildman–Crippen LogP) is 2.08. The summed E-state index contributed by atoms with van der Waals surface area (Å²) in [5, 5.41) is 5.57. The molecule has 0 spiro atoms. The molecule has 0 saturated heterocycles. The quantitative estimate of drug-likeness (QED) is 0.727. The first-order valence-electron chi connectivity index (χ1n) is 3.73. The van der Waals surface area contributed by atoms with E-state index >= 15 is 0 Å². The van der Waals surface area contributed by atoms with Crippen LogP contribution in [0.1, 0.15) is 10.4 Å². The maximum absolute atomic E-state index is 11.4. The van der Waals surface area contributed by atoms with E-state index in [9.17, 15) is 4.79 Å². The third kappa shape index (κ3) is 1.45. The van der Waals surface area contributed by atoms with E-state index in [2.05, 4.69) is 33.1 Å².